The number of carboxylic acids is 1. The van der Waals surface area contributed by atoms with Gasteiger partial charge in [-0.15, -0.1) is 0 Å². The molecule has 2 aromatic rings. The van der Waals surface area contributed by atoms with Gasteiger partial charge in [0.1, 0.15) is 6.61 Å². The number of benzene rings is 2. The molecule has 2 aromatic carbocycles. The summed E-state index contributed by atoms with van der Waals surface area (Å²) in [6.45, 7) is 3.23. The highest BCUT2D eigenvalue weighted by Crippen LogP contribution is 2.36. The average molecular weight is 506 g/mol. The maximum atomic E-state index is 12.0. The third kappa shape index (κ3) is 6.78. The number of nitrogens with one attached hydrogen (secondary N) is 1. The molecule has 1 heterocycles. The Kier molecular flexibility index (Phi) is 8.60. The quantitative estimate of drug-likeness (QED) is 0.398. The van der Waals surface area contributed by atoms with E-state index in [-0.39, 0.29) is 24.6 Å². The molecule has 1 aliphatic rings. The molecular weight excluding hydrogens is 482 g/mol. The van der Waals surface area contributed by atoms with E-state index in [9.17, 15) is 9.59 Å². The van der Waals surface area contributed by atoms with Crippen molar-refractivity contribution in [2.45, 2.75) is 6.61 Å². The summed E-state index contributed by atoms with van der Waals surface area (Å²) in [4.78, 5) is 25.0. The maximum absolute atomic E-state index is 12.0. The van der Waals surface area contributed by atoms with E-state index in [1.165, 1.54) is 25.5 Å². The SMILES string of the molecule is COc1cc(/C=N/NC(=O)CN2CCOCC2)cc(Br)c1OCc1ccc(C(=O)O)cc1. The minimum atomic E-state index is -0.976. The van der Waals surface area contributed by atoms with Crippen LogP contribution >= 0.6 is 15.9 Å². The number of aromatic carboxylic acids is 1. The Hall–Kier alpha value is -2.95. The molecule has 0 bridgehead atoms. The number of hydrazone groups is 1. The first-order valence-electron chi connectivity index (χ1n) is 9.91. The second kappa shape index (κ2) is 11.6. The molecule has 9 nitrogen and oxygen atoms in total. The van der Waals surface area contributed by atoms with Gasteiger partial charge in [0.2, 0.25) is 0 Å². The minimum Gasteiger partial charge on any atom is -0.493 e. The van der Waals surface area contributed by atoms with Crippen molar-refractivity contribution >= 4 is 34.0 Å². The van der Waals surface area contributed by atoms with Gasteiger partial charge < -0.3 is 19.3 Å². The molecule has 0 spiro atoms. The summed E-state index contributed by atoms with van der Waals surface area (Å²) in [5.74, 6) is -0.176. The Labute approximate surface area is 194 Å². The van der Waals surface area contributed by atoms with E-state index in [1.807, 2.05) is 4.90 Å². The van der Waals surface area contributed by atoms with E-state index >= 15 is 0 Å². The van der Waals surface area contributed by atoms with Gasteiger partial charge in [0.15, 0.2) is 11.5 Å². The Morgan fingerprint density at radius 1 is 1.25 bits per heavy atom. The highest BCUT2D eigenvalue weighted by Gasteiger charge is 2.14. The second-order valence-electron chi connectivity index (χ2n) is 7.01. The van der Waals surface area contributed by atoms with Crippen LogP contribution in [-0.4, -0.2) is 68.1 Å². The molecule has 0 radical (unpaired) electrons. The van der Waals surface area contributed by atoms with Gasteiger partial charge in [-0.05, 0) is 51.3 Å². The lowest BCUT2D eigenvalue weighted by Crippen LogP contribution is -2.42. The standard InChI is InChI=1S/C22H24BrN3O6/c1-30-19-11-16(12-24-25-20(27)13-26-6-8-31-9-7-26)10-18(23)21(19)32-14-15-2-4-17(5-3-15)22(28)29/h2-5,10-12H,6-9,13-14H2,1H3,(H,25,27)(H,28,29)/b24-12+. The van der Waals surface area contributed by atoms with Crippen molar-refractivity contribution in [1.29, 1.82) is 0 Å². The fraction of sp³-hybridized carbons (Fsp3) is 0.318. The van der Waals surface area contributed by atoms with Crippen LogP contribution in [0.5, 0.6) is 11.5 Å². The number of halogens is 1. The highest BCUT2D eigenvalue weighted by atomic mass is 79.9. The summed E-state index contributed by atoms with van der Waals surface area (Å²) < 4.78 is 17.2. The van der Waals surface area contributed by atoms with Gasteiger partial charge >= 0.3 is 5.97 Å². The lowest BCUT2D eigenvalue weighted by atomic mass is 10.1. The number of carbonyl (C=O) groups is 2. The number of hydrogen-bond donors (Lipinski definition) is 2. The molecular formula is C22H24BrN3O6. The Balaban J connectivity index is 1.59. The van der Waals surface area contributed by atoms with Crippen LogP contribution in [0.2, 0.25) is 0 Å². The highest BCUT2D eigenvalue weighted by molar-refractivity contribution is 9.10. The van der Waals surface area contributed by atoms with Crippen molar-refractivity contribution in [1.82, 2.24) is 10.3 Å². The predicted molar refractivity (Wildman–Crippen MR) is 121 cm³/mol. The molecule has 0 saturated carbocycles. The molecule has 0 aromatic heterocycles. The molecule has 0 aliphatic carbocycles. The fourth-order valence-electron chi connectivity index (χ4n) is 3.03. The van der Waals surface area contributed by atoms with Crippen LogP contribution in [0.3, 0.4) is 0 Å². The van der Waals surface area contributed by atoms with E-state index in [4.69, 9.17) is 19.3 Å². The normalized spacial score (nSPS) is 14.3. The number of nitrogens with zero attached hydrogens (tertiary/aromatic N) is 2. The molecule has 32 heavy (non-hydrogen) atoms. The van der Waals surface area contributed by atoms with E-state index < -0.39 is 5.97 Å². The van der Waals surface area contributed by atoms with Crippen LogP contribution in [0.15, 0.2) is 46.0 Å². The van der Waals surface area contributed by atoms with Gasteiger partial charge in [-0.3, -0.25) is 9.69 Å². The zero-order chi connectivity index (χ0) is 22.9. The minimum absolute atomic E-state index is 0.192. The van der Waals surface area contributed by atoms with Crippen LogP contribution in [0.25, 0.3) is 0 Å². The van der Waals surface area contributed by atoms with Gasteiger partial charge in [-0.1, -0.05) is 12.1 Å². The van der Waals surface area contributed by atoms with Crippen molar-refractivity contribution in [3.8, 4) is 11.5 Å². The van der Waals surface area contributed by atoms with Crippen molar-refractivity contribution in [3.63, 3.8) is 0 Å². The number of rotatable bonds is 9. The largest absolute Gasteiger partial charge is 0.493 e. The molecule has 2 N–H and O–H groups in total. The fourth-order valence-corrected chi connectivity index (χ4v) is 3.60. The predicted octanol–water partition coefficient (Wildman–Crippen LogP) is 2.52. The third-order valence-electron chi connectivity index (χ3n) is 4.71. The first kappa shape index (κ1) is 23.7. The van der Waals surface area contributed by atoms with Crippen LogP contribution in [0, 0.1) is 0 Å². The Bertz CT molecular complexity index is 974. The Morgan fingerprint density at radius 2 is 1.97 bits per heavy atom. The molecule has 0 atom stereocenters. The van der Waals surface area contributed by atoms with E-state index in [0.717, 1.165) is 18.7 Å². The number of hydrogen-bond acceptors (Lipinski definition) is 7. The van der Waals surface area contributed by atoms with E-state index in [1.54, 1.807) is 24.3 Å². The zero-order valence-electron chi connectivity index (χ0n) is 17.5. The number of carboxylic acid groups (broad SMARTS) is 1. The first-order chi connectivity index (χ1) is 15.5. The van der Waals surface area contributed by atoms with Gasteiger partial charge in [0.05, 0.1) is 43.1 Å². The summed E-state index contributed by atoms with van der Waals surface area (Å²) in [5.41, 5.74) is 4.27. The third-order valence-corrected chi connectivity index (χ3v) is 5.30. The molecule has 1 aliphatic heterocycles. The van der Waals surface area contributed by atoms with Gasteiger partial charge in [-0.2, -0.15) is 5.10 Å². The van der Waals surface area contributed by atoms with Crippen molar-refractivity contribution in [3.05, 3.63) is 57.6 Å². The summed E-state index contributed by atoms with van der Waals surface area (Å²) in [6, 6.07) is 9.99. The number of methoxy groups -OCH3 is 1. The number of ether oxygens (including phenoxy) is 3. The number of carbonyl (C=O) groups excluding carboxylic acids is 1. The van der Waals surface area contributed by atoms with Gasteiger partial charge in [0.25, 0.3) is 5.91 Å². The molecule has 1 fully saturated rings. The van der Waals surface area contributed by atoms with Gasteiger partial charge in [-0.25, -0.2) is 10.2 Å². The smallest absolute Gasteiger partial charge is 0.335 e. The molecule has 1 saturated heterocycles. The average Bonchev–Trinajstić information content (AvgIpc) is 2.79. The van der Waals surface area contributed by atoms with E-state index in [2.05, 4.69) is 26.5 Å². The van der Waals surface area contributed by atoms with E-state index in [0.29, 0.717) is 34.7 Å². The zero-order valence-corrected chi connectivity index (χ0v) is 19.1. The van der Waals surface area contributed by atoms with Crippen molar-refractivity contribution in [2.24, 2.45) is 5.10 Å². The summed E-state index contributed by atoms with van der Waals surface area (Å²) in [7, 11) is 1.53. The first-order valence-corrected chi connectivity index (χ1v) is 10.7. The molecule has 1 amide bonds. The summed E-state index contributed by atoms with van der Waals surface area (Å²) in [5, 5.41) is 13.0. The van der Waals surface area contributed by atoms with Crippen molar-refractivity contribution < 1.29 is 28.9 Å². The Morgan fingerprint density at radius 3 is 2.62 bits per heavy atom. The molecule has 10 heteroatoms. The second-order valence-corrected chi connectivity index (χ2v) is 7.86. The lowest BCUT2D eigenvalue weighted by Gasteiger charge is -2.25. The molecule has 0 unspecified atom stereocenters. The van der Waals surface area contributed by atoms with Crippen LogP contribution in [-0.2, 0) is 16.1 Å². The monoisotopic (exact) mass is 505 g/mol. The van der Waals surface area contributed by atoms with Gasteiger partial charge in [0, 0.05) is 13.1 Å². The maximum Gasteiger partial charge on any atom is 0.335 e. The summed E-state index contributed by atoms with van der Waals surface area (Å²) >= 11 is 3.48. The molecule has 3 rings (SSSR count). The van der Waals surface area contributed by atoms with Crippen LogP contribution < -0.4 is 14.9 Å². The topological polar surface area (TPSA) is 110 Å². The number of amides is 1. The van der Waals surface area contributed by atoms with Crippen LogP contribution in [0.4, 0.5) is 0 Å². The summed E-state index contributed by atoms with van der Waals surface area (Å²) in [6.07, 6.45) is 1.53. The number of morpholine rings is 1. The van der Waals surface area contributed by atoms with Crippen molar-refractivity contribution in [2.75, 3.05) is 40.0 Å². The lowest BCUT2D eigenvalue weighted by molar-refractivity contribution is -0.123. The molecule has 170 valence electrons. The van der Waals surface area contributed by atoms with Crippen LogP contribution in [0.1, 0.15) is 21.5 Å².